The molecule has 1 unspecified atom stereocenters. The number of benzene rings is 2. The molecule has 0 saturated carbocycles. The summed E-state index contributed by atoms with van der Waals surface area (Å²) in [4.78, 5) is 0. The Morgan fingerprint density at radius 2 is 1.83 bits per heavy atom. The SMILES string of the molecule is COc1ccccc1-n1nc2c(c1-c1ccc(Cl)cc1)CC(NS(=O)(=O)N(C)C)C2. The van der Waals surface area contributed by atoms with E-state index in [9.17, 15) is 8.42 Å². The molecule has 1 aliphatic rings. The molecule has 30 heavy (non-hydrogen) atoms. The molecule has 0 bridgehead atoms. The lowest BCUT2D eigenvalue weighted by Crippen LogP contribution is -2.42. The molecule has 1 aromatic heterocycles. The van der Waals surface area contributed by atoms with Gasteiger partial charge in [-0.1, -0.05) is 35.9 Å². The highest BCUT2D eigenvalue weighted by molar-refractivity contribution is 7.87. The van der Waals surface area contributed by atoms with E-state index in [0.717, 1.165) is 28.2 Å². The minimum Gasteiger partial charge on any atom is -0.494 e. The van der Waals surface area contributed by atoms with Crippen LogP contribution in [0.3, 0.4) is 0 Å². The number of ether oxygens (including phenoxy) is 1. The van der Waals surface area contributed by atoms with Crippen LogP contribution in [0.25, 0.3) is 16.9 Å². The first-order chi connectivity index (χ1) is 14.3. The lowest BCUT2D eigenvalue weighted by Gasteiger charge is -2.18. The molecule has 3 aromatic rings. The van der Waals surface area contributed by atoms with E-state index in [0.29, 0.717) is 23.6 Å². The fraction of sp³-hybridized carbons (Fsp3) is 0.286. The van der Waals surface area contributed by atoms with Crippen LogP contribution in [0.15, 0.2) is 48.5 Å². The molecule has 1 heterocycles. The number of methoxy groups -OCH3 is 1. The third kappa shape index (κ3) is 3.83. The molecule has 0 fully saturated rings. The normalized spacial score (nSPS) is 16.1. The Morgan fingerprint density at radius 1 is 1.13 bits per heavy atom. The van der Waals surface area contributed by atoms with Crippen molar-refractivity contribution in [2.45, 2.75) is 18.9 Å². The number of hydrogen-bond donors (Lipinski definition) is 1. The van der Waals surface area contributed by atoms with Crippen molar-refractivity contribution in [2.75, 3.05) is 21.2 Å². The van der Waals surface area contributed by atoms with Gasteiger partial charge in [-0.15, -0.1) is 0 Å². The van der Waals surface area contributed by atoms with E-state index >= 15 is 0 Å². The standard InChI is InChI=1S/C21H23ClN4O3S/c1-25(2)30(27,28)24-16-12-17-18(13-16)23-26(19-6-4-5-7-20(19)29-3)21(17)14-8-10-15(22)11-9-14/h4-11,16,24H,12-13H2,1-3H3. The Labute approximate surface area is 181 Å². The summed E-state index contributed by atoms with van der Waals surface area (Å²) in [7, 11) is 1.13. The molecule has 0 saturated heterocycles. The van der Waals surface area contributed by atoms with Crippen LogP contribution >= 0.6 is 11.6 Å². The highest BCUT2D eigenvalue weighted by Gasteiger charge is 2.33. The zero-order valence-corrected chi connectivity index (χ0v) is 18.5. The molecular formula is C21H23ClN4O3S. The Kier molecular flexibility index (Phi) is 5.59. The van der Waals surface area contributed by atoms with Gasteiger partial charge in [-0.05, 0) is 30.7 Å². The van der Waals surface area contributed by atoms with Crippen molar-refractivity contribution < 1.29 is 13.2 Å². The zero-order chi connectivity index (χ0) is 21.5. The molecule has 4 rings (SSSR count). The Bertz CT molecular complexity index is 1170. The fourth-order valence-corrected chi connectivity index (χ4v) is 4.63. The van der Waals surface area contributed by atoms with Crippen molar-refractivity contribution >= 4 is 21.8 Å². The fourth-order valence-electron chi connectivity index (χ4n) is 3.71. The minimum atomic E-state index is -3.52. The van der Waals surface area contributed by atoms with E-state index in [4.69, 9.17) is 21.4 Å². The minimum absolute atomic E-state index is 0.242. The van der Waals surface area contributed by atoms with E-state index in [2.05, 4.69) is 4.72 Å². The van der Waals surface area contributed by atoms with Crippen LogP contribution in [0.1, 0.15) is 11.3 Å². The van der Waals surface area contributed by atoms with Crippen molar-refractivity contribution in [3.8, 4) is 22.7 Å². The summed E-state index contributed by atoms with van der Waals surface area (Å²) in [6, 6.07) is 15.0. The summed E-state index contributed by atoms with van der Waals surface area (Å²) in [5.41, 5.74) is 4.59. The van der Waals surface area contributed by atoms with Gasteiger partial charge >= 0.3 is 0 Å². The van der Waals surface area contributed by atoms with Crippen LogP contribution in [0.2, 0.25) is 5.02 Å². The largest absolute Gasteiger partial charge is 0.494 e. The number of nitrogens with one attached hydrogen (secondary N) is 1. The average Bonchev–Trinajstić information content (AvgIpc) is 3.25. The highest BCUT2D eigenvalue weighted by Crippen LogP contribution is 2.37. The molecule has 0 amide bonds. The summed E-state index contributed by atoms with van der Waals surface area (Å²) >= 11 is 6.10. The molecular weight excluding hydrogens is 424 g/mol. The highest BCUT2D eigenvalue weighted by atomic mass is 35.5. The molecule has 1 atom stereocenters. The van der Waals surface area contributed by atoms with Crippen LogP contribution in [0, 0.1) is 0 Å². The second-order valence-electron chi connectivity index (χ2n) is 7.37. The van der Waals surface area contributed by atoms with Crippen LogP contribution in [0.5, 0.6) is 5.75 Å². The number of aromatic nitrogens is 2. The quantitative estimate of drug-likeness (QED) is 0.631. The van der Waals surface area contributed by atoms with Gasteiger partial charge < -0.3 is 4.74 Å². The first kappa shape index (κ1) is 20.9. The first-order valence-corrected chi connectivity index (χ1v) is 11.3. The molecule has 0 radical (unpaired) electrons. The molecule has 1 N–H and O–H groups in total. The number of rotatable bonds is 6. The maximum absolute atomic E-state index is 12.3. The average molecular weight is 447 g/mol. The summed E-state index contributed by atoms with van der Waals surface area (Å²) in [5.74, 6) is 0.707. The van der Waals surface area contributed by atoms with Gasteiger partial charge in [0.15, 0.2) is 0 Å². The molecule has 0 spiro atoms. The van der Waals surface area contributed by atoms with Crippen molar-refractivity contribution in [1.29, 1.82) is 0 Å². The van der Waals surface area contributed by atoms with Gasteiger partial charge in [0.05, 0.1) is 18.5 Å². The lowest BCUT2D eigenvalue weighted by molar-refractivity contribution is 0.411. The van der Waals surface area contributed by atoms with E-state index < -0.39 is 10.2 Å². The monoisotopic (exact) mass is 446 g/mol. The molecule has 7 nitrogen and oxygen atoms in total. The van der Waals surface area contributed by atoms with Crippen LogP contribution in [-0.4, -0.2) is 49.8 Å². The van der Waals surface area contributed by atoms with Crippen molar-refractivity contribution in [3.63, 3.8) is 0 Å². The van der Waals surface area contributed by atoms with Gasteiger partial charge in [-0.25, -0.2) is 4.68 Å². The third-order valence-corrected chi connectivity index (χ3v) is 7.03. The van der Waals surface area contributed by atoms with Crippen LogP contribution in [-0.2, 0) is 23.1 Å². The number of nitrogens with zero attached hydrogens (tertiary/aromatic N) is 3. The molecule has 1 aliphatic carbocycles. The Morgan fingerprint density at radius 3 is 2.50 bits per heavy atom. The number of halogens is 1. The van der Waals surface area contributed by atoms with Gasteiger partial charge in [-0.3, -0.25) is 0 Å². The third-order valence-electron chi connectivity index (χ3n) is 5.18. The number of para-hydroxylation sites is 2. The second kappa shape index (κ2) is 8.03. The first-order valence-electron chi connectivity index (χ1n) is 9.50. The van der Waals surface area contributed by atoms with Crippen LogP contribution in [0.4, 0.5) is 0 Å². The summed E-state index contributed by atoms with van der Waals surface area (Å²) in [6.45, 7) is 0. The molecule has 158 valence electrons. The van der Waals surface area contributed by atoms with Crippen molar-refractivity contribution in [3.05, 3.63) is 64.8 Å². The lowest BCUT2D eigenvalue weighted by atomic mass is 10.1. The van der Waals surface area contributed by atoms with Gasteiger partial charge in [0.2, 0.25) is 0 Å². The molecule has 0 aliphatic heterocycles. The predicted octanol–water partition coefficient (Wildman–Crippen LogP) is 3.06. The predicted molar refractivity (Wildman–Crippen MR) is 118 cm³/mol. The van der Waals surface area contributed by atoms with Gasteiger partial charge in [0.25, 0.3) is 10.2 Å². The Balaban J connectivity index is 1.80. The molecule has 9 heteroatoms. The van der Waals surface area contributed by atoms with Gasteiger partial charge in [0, 0.05) is 42.7 Å². The van der Waals surface area contributed by atoms with Gasteiger partial charge in [0.1, 0.15) is 11.4 Å². The zero-order valence-electron chi connectivity index (χ0n) is 17.0. The van der Waals surface area contributed by atoms with Crippen LogP contribution < -0.4 is 9.46 Å². The Hall–Kier alpha value is -2.39. The van der Waals surface area contributed by atoms with E-state index in [1.807, 2.05) is 53.2 Å². The maximum Gasteiger partial charge on any atom is 0.279 e. The van der Waals surface area contributed by atoms with E-state index in [-0.39, 0.29) is 6.04 Å². The van der Waals surface area contributed by atoms with E-state index in [1.165, 1.54) is 18.4 Å². The second-order valence-corrected chi connectivity index (χ2v) is 9.73. The summed E-state index contributed by atoms with van der Waals surface area (Å²) in [6.07, 6.45) is 1.07. The van der Waals surface area contributed by atoms with E-state index in [1.54, 1.807) is 7.11 Å². The van der Waals surface area contributed by atoms with Crippen molar-refractivity contribution in [1.82, 2.24) is 18.8 Å². The van der Waals surface area contributed by atoms with Crippen molar-refractivity contribution in [2.24, 2.45) is 0 Å². The summed E-state index contributed by atoms with van der Waals surface area (Å²) in [5, 5.41) is 5.50. The number of hydrogen-bond acceptors (Lipinski definition) is 4. The topological polar surface area (TPSA) is 76.5 Å². The maximum atomic E-state index is 12.3. The summed E-state index contributed by atoms with van der Waals surface area (Å²) < 4.78 is 35.9. The smallest absolute Gasteiger partial charge is 0.279 e. The van der Waals surface area contributed by atoms with Gasteiger partial charge in [-0.2, -0.15) is 22.5 Å². The number of fused-ring (bicyclic) bond motifs is 1. The molecule has 2 aromatic carbocycles.